The van der Waals surface area contributed by atoms with E-state index in [1.165, 1.54) is 0 Å². The summed E-state index contributed by atoms with van der Waals surface area (Å²) in [4.78, 5) is 4.34. The van der Waals surface area contributed by atoms with Crippen molar-refractivity contribution in [2.75, 3.05) is 30.2 Å². The van der Waals surface area contributed by atoms with Crippen molar-refractivity contribution in [2.24, 2.45) is 0 Å². The zero-order valence-corrected chi connectivity index (χ0v) is 21.8. The third-order valence-electron chi connectivity index (χ3n) is 6.59. The molecule has 36 heavy (non-hydrogen) atoms. The number of thioether (sulfide) groups is 1. The van der Waals surface area contributed by atoms with Crippen molar-refractivity contribution in [3.8, 4) is 6.07 Å². The minimum Gasteiger partial charge on any atom is -0.351 e. The molecule has 0 aliphatic rings. The summed E-state index contributed by atoms with van der Waals surface area (Å²) in [5.74, 6) is 0. The van der Waals surface area contributed by atoms with E-state index >= 15 is 0 Å². The average molecular weight is 490 g/mol. The van der Waals surface area contributed by atoms with Crippen LogP contribution in [0.5, 0.6) is 0 Å². The van der Waals surface area contributed by atoms with Crippen molar-refractivity contribution in [1.29, 1.82) is 5.26 Å². The van der Waals surface area contributed by atoms with E-state index in [4.69, 9.17) is 0 Å². The van der Waals surface area contributed by atoms with Crippen LogP contribution in [0.2, 0.25) is 0 Å². The van der Waals surface area contributed by atoms with E-state index in [9.17, 15) is 5.26 Å². The Kier molecular flexibility index (Phi) is 8.15. The minimum absolute atomic E-state index is 0.222. The van der Waals surface area contributed by atoms with Gasteiger partial charge in [0, 0.05) is 31.2 Å². The molecule has 4 rings (SSSR count). The van der Waals surface area contributed by atoms with Crippen LogP contribution < -0.4 is 9.80 Å². The maximum atomic E-state index is 11.1. The third-order valence-corrected chi connectivity index (χ3v) is 7.64. The average Bonchev–Trinajstić information content (AvgIpc) is 2.96. The SMILES string of the molecule is CSC(/C(=C/c1ccccc1)N(C)c1ccccc1)C(C#N)(c1ccccc1)N(C)c1ccccc1. The normalized spacial score (nSPS) is 13.8. The molecule has 2 atom stereocenters. The molecular formula is C32H31N3S. The van der Waals surface area contributed by atoms with E-state index in [-0.39, 0.29) is 5.25 Å². The lowest BCUT2D eigenvalue weighted by Gasteiger charge is -2.45. The lowest BCUT2D eigenvalue weighted by Crippen LogP contribution is -2.53. The zero-order valence-electron chi connectivity index (χ0n) is 21.0. The minimum atomic E-state index is -0.980. The molecule has 180 valence electrons. The Labute approximate surface area is 219 Å². The summed E-state index contributed by atoms with van der Waals surface area (Å²) in [7, 11) is 4.11. The smallest absolute Gasteiger partial charge is 0.170 e. The molecule has 0 amide bonds. The van der Waals surface area contributed by atoms with E-state index in [0.29, 0.717) is 0 Å². The highest BCUT2D eigenvalue weighted by molar-refractivity contribution is 7.99. The molecule has 4 aromatic carbocycles. The van der Waals surface area contributed by atoms with E-state index in [2.05, 4.69) is 83.8 Å². The lowest BCUT2D eigenvalue weighted by atomic mass is 9.83. The van der Waals surface area contributed by atoms with Gasteiger partial charge in [-0.25, -0.2) is 0 Å². The Hall–Kier alpha value is -3.94. The summed E-state index contributed by atoms with van der Waals surface area (Å²) in [5.41, 5.74) is 4.18. The van der Waals surface area contributed by atoms with Crippen molar-refractivity contribution >= 4 is 29.2 Å². The van der Waals surface area contributed by atoms with Gasteiger partial charge in [0.2, 0.25) is 0 Å². The molecule has 0 N–H and O–H groups in total. The van der Waals surface area contributed by atoms with Crippen molar-refractivity contribution in [3.63, 3.8) is 0 Å². The van der Waals surface area contributed by atoms with Gasteiger partial charge in [-0.1, -0.05) is 97.1 Å². The van der Waals surface area contributed by atoms with Crippen molar-refractivity contribution < 1.29 is 0 Å². The topological polar surface area (TPSA) is 30.3 Å². The fourth-order valence-corrected chi connectivity index (χ4v) is 5.80. The van der Waals surface area contributed by atoms with Crippen LogP contribution in [0.3, 0.4) is 0 Å². The van der Waals surface area contributed by atoms with Gasteiger partial charge in [0.1, 0.15) is 0 Å². The number of para-hydroxylation sites is 2. The molecule has 0 aliphatic heterocycles. The molecule has 0 radical (unpaired) electrons. The molecular weight excluding hydrogens is 458 g/mol. The summed E-state index contributed by atoms with van der Waals surface area (Å²) >= 11 is 1.70. The first-order valence-corrected chi connectivity index (χ1v) is 13.2. The largest absolute Gasteiger partial charge is 0.351 e. The summed E-state index contributed by atoms with van der Waals surface area (Å²) in [6.45, 7) is 0. The van der Waals surface area contributed by atoms with Crippen LogP contribution in [-0.2, 0) is 5.54 Å². The van der Waals surface area contributed by atoms with E-state index in [1.807, 2.05) is 79.8 Å². The summed E-state index contributed by atoms with van der Waals surface area (Å²) in [5, 5.41) is 10.9. The van der Waals surface area contributed by atoms with Gasteiger partial charge >= 0.3 is 0 Å². The van der Waals surface area contributed by atoms with Gasteiger partial charge in [0.25, 0.3) is 0 Å². The second kappa shape index (κ2) is 11.7. The Morgan fingerprint density at radius 2 is 1.22 bits per heavy atom. The molecule has 0 fully saturated rings. The highest BCUT2D eigenvalue weighted by atomic mass is 32.2. The lowest BCUT2D eigenvalue weighted by molar-refractivity contribution is 0.540. The van der Waals surface area contributed by atoms with Crippen molar-refractivity contribution in [1.82, 2.24) is 0 Å². The molecule has 0 saturated carbocycles. The second-order valence-electron chi connectivity index (χ2n) is 8.63. The van der Waals surface area contributed by atoms with E-state index in [0.717, 1.165) is 28.2 Å². The van der Waals surface area contributed by atoms with Gasteiger partial charge in [-0.3, -0.25) is 0 Å². The van der Waals surface area contributed by atoms with Crippen LogP contribution in [-0.4, -0.2) is 25.6 Å². The number of anilines is 2. The summed E-state index contributed by atoms with van der Waals surface area (Å²) in [6.07, 6.45) is 4.30. The first-order valence-electron chi connectivity index (χ1n) is 12.0. The molecule has 0 aliphatic carbocycles. The highest BCUT2D eigenvalue weighted by Gasteiger charge is 2.47. The Morgan fingerprint density at radius 3 is 1.72 bits per heavy atom. The summed E-state index contributed by atoms with van der Waals surface area (Å²) < 4.78 is 0. The van der Waals surface area contributed by atoms with Crippen molar-refractivity contribution in [3.05, 3.63) is 138 Å². The molecule has 0 aromatic heterocycles. The van der Waals surface area contributed by atoms with Gasteiger partial charge in [0.05, 0.1) is 11.3 Å². The quantitative estimate of drug-likeness (QED) is 0.244. The number of nitriles is 1. The van der Waals surface area contributed by atoms with Gasteiger partial charge < -0.3 is 9.80 Å². The molecule has 0 spiro atoms. The molecule has 0 bridgehead atoms. The van der Waals surface area contributed by atoms with Crippen molar-refractivity contribution in [2.45, 2.75) is 10.8 Å². The number of hydrogen-bond acceptors (Lipinski definition) is 4. The molecule has 0 heterocycles. The summed E-state index contributed by atoms with van der Waals surface area (Å²) in [6, 6.07) is 43.8. The predicted molar refractivity (Wildman–Crippen MR) is 155 cm³/mol. The molecule has 2 unspecified atom stereocenters. The van der Waals surface area contributed by atoms with Gasteiger partial charge in [0.15, 0.2) is 5.54 Å². The van der Waals surface area contributed by atoms with Crippen LogP contribution in [0, 0.1) is 11.3 Å². The van der Waals surface area contributed by atoms with Gasteiger partial charge in [-0.2, -0.15) is 17.0 Å². The van der Waals surface area contributed by atoms with Crippen LogP contribution in [0.15, 0.2) is 127 Å². The van der Waals surface area contributed by atoms with Crippen LogP contribution in [0.25, 0.3) is 6.08 Å². The van der Waals surface area contributed by atoms with Crippen LogP contribution >= 0.6 is 11.8 Å². The maximum Gasteiger partial charge on any atom is 0.170 e. The second-order valence-corrected chi connectivity index (χ2v) is 9.57. The Bertz CT molecular complexity index is 1300. The van der Waals surface area contributed by atoms with Crippen LogP contribution in [0.1, 0.15) is 11.1 Å². The number of benzene rings is 4. The van der Waals surface area contributed by atoms with Crippen LogP contribution in [0.4, 0.5) is 11.4 Å². The Balaban J connectivity index is 1.97. The number of rotatable bonds is 9. The fraction of sp³-hybridized carbons (Fsp3) is 0.156. The molecule has 4 aromatic rings. The molecule has 0 saturated heterocycles. The standard InChI is InChI=1S/C32H31N3S/c1-34(28-20-12-6-13-21-28)30(24-26-16-8-4-9-17-26)31(36-3)32(25-33,27-18-10-5-11-19-27)35(2)29-22-14-7-15-23-29/h4-24,31H,1-3H3/b30-24-. The zero-order chi connectivity index (χ0) is 25.4. The number of hydrogen-bond donors (Lipinski definition) is 0. The van der Waals surface area contributed by atoms with Gasteiger partial charge in [-0.05, 0) is 47.7 Å². The number of nitrogens with zero attached hydrogens (tertiary/aromatic N) is 3. The molecule has 3 nitrogen and oxygen atoms in total. The first kappa shape index (κ1) is 25.2. The fourth-order valence-electron chi connectivity index (χ4n) is 4.64. The van der Waals surface area contributed by atoms with E-state index in [1.54, 1.807) is 11.8 Å². The third kappa shape index (κ3) is 5.03. The van der Waals surface area contributed by atoms with E-state index < -0.39 is 5.54 Å². The molecule has 4 heteroatoms. The maximum absolute atomic E-state index is 11.1. The highest BCUT2D eigenvalue weighted by Crippen LogP contribution is 2.44. The Morgan fingerprint density at radius 1 is 0.750 bits per heavy atom. The first-order chi connectivity index (χ1) is 17.6. The van der Waals surface area contributed by atoms with Gasteiger partial charge in [-0.15, -0.1) is 0 Å². The monoisotopic (exact) mass is 489 g/mol. The predicted octanol–water partition coefficient (Wildman–Crippen LogP) is 7.45.